The smallest absolute Gasteiger partial charge is 0.326 e. The van der Waals surface area contributed by atoms with Crippen molar-refractivity contribution in [2.45, 2.75) is 45.2 Å². The van der Waals surface area contributed by atoms with Crippen molar-refractivity contribution in [3.05, 3.63) is 99.0 Å². The van der Waals surface area contributed by atoms with E-state index in [4.69, 9.17) is 38.7 Å². The first kappa shape index (κ1) is 32.3. The first-order valence-electron chi connectivity index (χ1n) is 14.9. The maximum Gasteiger partial charge on any atom is 0.326 e. The number of piperazine rings is 1. The molecule has 0 aliphatic carbocycles. The van der Waals surface area contributed by atoms with E-state index in [9.17, 15) is 14.4 Å². The molecule has 3 aromatic carbocycles. The number of rotatable bonds is 7. The number of amides is 4. The van der Waals surface area contributed by atoms with Gasteiger partial charge in [0, 0.05) is 23.1 Å². The van der Waals surface area contributed by atoms with Gasteiger partial charge in [-0.1, -0.05) is 74.3 Å². The molecule has 2 N–H and O–H groups in total. The molecular weight excluding hydrogens is 613 g/mol. The quantitative estimate of drug-likeness (QED) is 0.339. The second-order valence-electron chi connectivity index (χ2n) is 12.2. The lowest BCUT2D eigenvalue weighted by atomic mass is 9.86. The Morgan fingerprint density at radius 3 is 2.13 bits per heavy atom. The van der Waals surface area contributed by atoms with Crippen LogP contribution in [0, 0.1) is 0 Å². The molecule has 3 aromatic rings. The highest BCUT2D eigenvalue weighted by Crippen LogP contribution is 2.46. The molecule has 1 saturated heterocycles. The molecule has 0 aromatic heterocycles. The lowest BCUT2D eigenvalue weighted by molar-refractivity contribution is -0.138. The van der Waals surface area contributed by atoms with E-state index in [1.807, 2.05) is 49.4 Å². The van der Waals surface area contributed by atoms with Crippen molar-refractivity contribution in [1.29, 1.82) is 0 Å². The fourth-order valence-corrected chi connectivity index (χ4v) is 5.93. The summed E-state index contributed by atoms with van der Waals surface area (Å²) in [5.74, 6) is 0.0760. The number of amidine groups is 1. The number of hydrogen-bond acceptors (Lipinski definition) is 5. The minimum absolute atomic E-state index is 0.139. The molecule has 5 rings (SSSR count). The minimum Gasteiger partial charge on any atom is -0.493 e. The molecule has 4 amide bonds. The molecule has 236 valence electrons. The second-order valence-corrected chi connectivity index (χ2v) is 13.1. The molecule has 0 radical (unpaired) electrons. The summed E-state index contributed by atoms with van der Waals surface area (Å²) in [4.78, 5) is 48.9. The molecule has 2 atom stereocenters. The Balaban J connectivity index is 1.66. The van der Waals surface area contributed by atoms with Crippen LogP contribution in [0.3, 0.4) is 0 Å². The number of nitrogens with zero attached hydrogens (tertiary/aromatic N) is 4. The Morgan fingerprint density at radius 2 is 1.58 bits per heavy atom. The third-order valence-corrected chi connectivity index (χ3v) is 8.52. The van der Waals surface area contributed by atoms with Crippen molar-refractivity contribution >= 4 is 46.9 Å². The molecule has 2 aliphatic rings. The van der Waals surface area contributed by atoms with Crippen LogP contribution in [-0.2, 0) is 15.0 Å². The summed E-state index contributed by atoms with van der Waals surface area (Å²) < 4.78 is 6.17. The van der Waals surface area contributed by atoms with E-state index in [0.29, 0.717) is 33.8 Å². The topological polar surface area (TPSA) is 109 Å². The highest BCUT2D eigenvalue weighted by atomic mass is 35.5. The normalized spacial score (nSPS) is 18.7. The maximum absolute atomic E-state index is 14.7. The summed E-state index contributed by atoms with van der Waals surface area (Å²) >= 11 is 12.5. The SMILES string of the molecule is CCOc1cc(C(C)(C)C)ccc1C1=NC(c2ccc(Cl)cc2)C(c2ccc(Cl)cc2)N1C(=O)N1CCN(CC(N)=O)C(=O)C1. The Labute approximate surface area is 273 Å². The van der Waals surface area contributed by atoms with E-state index >= 15 is 0 Å². The van der Waals surface area contributed by atoms with E-state index in [-0.39, 0.29) is 43.5 Å². The van der Waals surface area contributed by atoms with Crippen LogP contribution in [0.1, 0.15) is 62.0 Å². The molecule has 2 unspecified atom stereocenters. The number of halogens is 2. The van der Waals surface area contributed by atoms with E-state index in [1.165, 1.54) is 9.80 Å². The molecule has 45 heavy (non-hydrogen) atoms. The molecular formula is C34H37Cl2N5O4. The van der Waals surface area contributed by atoms with Crippen LogP contribution in [-0.4, -0.2) is 71.2 Å². The fraction of sp³-hybridized carbons (Fsp3) is 0.353. The molecule has 9 nitrogen and oxygen atoms in total. The zero-order valence-electron chi connectivity index (χ0n) is 25.8. The highest BCUT2D eigenvalue weighted by molar-refractivity contribution is 6.30. The van der Waals surface area contributed by atoms with Crippen molar-refractivity contribution in [1.82, 2.24) is 14.7 Å². The van der Waals surface area contributed by atoms with Gasteiger partial charge in [-0.3, -0.25) is 19.5 Å². The number of hydrogen-bond donors (Lipinski definition) is 1. The monoisotopic (exact) mass is 649 g/mol. The van der Waals surface area contributed by atoms with Gasteiger partial charge in [-0.25, -0.2) is 4.79 Å². The minimum atomic E-state index is -0.604. The van der Waals surface area contributed by atoms with Crippen LogP contribution < -0.4 is 10.5 Å². The molecule has 0 saturated carbocycles. The average Bonchev–Trinajstić information content (AvgIpc) is 3.38. The Bertz CT molecular complexity index is 1620. The maximum atomic E-state index is 14.7. The summed E-state index contributed by atoms with van der Waals surface area (Å²) in [6.07, 6.45) is 0. The number of carbonyl (C=O) groups is 3. The van der Waals surface area contributed by atoms with Gasteiger partial charge >= 0.3 is 6.03 Å². The number of ether oxygens (including phenoxy) is 1. The Morgan fingerprint density at radius 1 is 0.956 bits per heavy atom. The largest absolute Gasteiger partial charge is 0.493 e. The lowest BCUT2D eigenvalue weighted by Gasteiger charge is -2.38. The number of nitrogens with two attached hydrogens (primary N) is 1. The lowest BCUT2D eigenvalue weighted by Crippen LogP contribution is -2.57. The number of carbonyl (C=O) groups excluding carboxylic acids is 3. The number of urea groups is 1. The zero-order chi connectivity index (χ0) is 32.5. The van der Waals surface area contributed by atoms with Crippen LogP contribution in [0.15, 0.2) is 71.7 Å². The fourth-order valence-electron chi connectivity index (χ4n) is 5.68. The van der Waals surface area contributed by atoms with Crippen molar-refractivity contribution in [2.75, 3.05) is 32.8 Å². The molecule has 1 fully saturated rings. The Hall–Kier alpha value is -4.08. The van der Waals surface area contributed by atoms with Crippen molar-refractivity contribution < 1.29 is 19.1 Å². The third kappa shape index (κ3) is 6.94. The third-order valence-electron chi connectivity index (χ3n) is 8.02. The number of aliphatic imine (C=N–C) groups is 1. The van der Waals surface area contributed by atoms with Crippen LogP contribution in [0.2, 0.25) is 10.0 Å². The molecule has 11 heteroatoms. The second kappa shape index (κ2) is 13.1. The number of primary amides is 1. The molecule has 0 spiro atoms. The van der Waals surface area contributed by atoms with Gasteiger partial charge in [0.1, 0.15) is 24.2 Å². The van der Waals surface area contributed by atoms with Crippen molar-refractivity contribution in [3.8, 4) is 5.75 Å². The van der Waals surface area contributed by atoms with Crippen LogP contribution in [0.25, 0.3) is 0 Å². The first-order valence-corrected chi connectivity index (χ1v) is 15.6. The molecule has 2 heterocycles. The van der Waals surface area contributed by atoms with E-state index in [1.54, 1.807) is 29.2 Å². The summed E-state index contributed by atoms with van der Waals surface area (Å²) in [6.45, 7) is 8.73. The standard InChI is InChI=1S/C34H37Cl2N5O4/c1-5-45-27-18-23(34(2,3)4)10-15-26(27)32-38-30(21-6-11-24(35)12-7-21)31(22-8-13-25(36)14-9-22)41(32)33(44)40-17-16-39(19-28(37)42)29(43)20-40/h6-15,18,30-31H,5,16-17,19-20H2,1-4H3,(H2,37,42). The van der Waals surface area contributed by atoms with Gasteiger partial charge < -0.3 is 20.3 Å². The van der Waals surface area contributed by atoms with E-state index in [2.05, 4.69) is 20.8 Å². The van der Waals surface area contributed by atoms with Crippen LogP contribution in [0.5, 0.6) is 5.75 Å². The highest BCUT2D eigenvalue weighted by Gasteiger charge is 2.45. The van der Waals surface area contributed by atoms with Crippen molar-refractivity contribution in [2.24, 2.45) is 10.7 Å². The summed E-state index contributed by atoms with van der Waals surface area (Å²) in [5.41, 5.74) is 8.61. The van der Waals surface area contributed by atoms with Crippen LogP contribution in [0.4, 0.5) is 4.79 Å². The van der Waals surface area contributed by atoms with Gasteiger partial charge in [-0.15, -0.1) is 0 Å². The van der Waals surface area contributed by atoms with Gasteiger partial charge in [-0.2, -0.15) is 0 Å². The number of benzene rings is 3. The van der Waals surface area contributed by atoms with Gasteiger partial charge in [0.2, 0.25) is 11.8 Å². The summed E-state index contributed by atoms with van der Waals surface area (Å²) in [6, 6.07) is 19.3. The predicted octanol–water partition coefficient (Wildman–Crippen LogP) is 5.98. The van der Waals surface area contributed by atoms with Gasteiger partial charge in [-0.05, 0) is 65.4 Å². The molecule has 0 bridgehead atoms. The predicted molar refractivity (Wildman–Crippen MR) is 176 cm³/mol. The van der Waals surface area contributed by atoms with Gasteiger partial charge in [0.15, 0.2) is 0 Å². The zero-order valence-corrected chi connectivity index (χ0v) is 27.3. The van der Waals surface area contributed by atoms with Crippen molar-refractivity contribution in [3.63, 3.8) is 0 Å². The summed E-state index contributed by atoms with van der Waals surface area (Å²) in [7, 11) is 0. The first-order chi connectivity index (χ1) is 21.4. The van der Waals surface area contributed by atoms with E-state index in [0.717, 1.165) is 16.7 Å². The Kier molecular flexibility index (Phi) is 9.41. The summed E-state index contributed by atoms with van der Waals surface area (Å²) in [5, 5.41) is 1.15. The van der Waals surface area contributed by atoms with E-state index < -0.39 is 18.0 Å². The molecule has 2 aliphatic heterocycles. The average molecular weight is 651 g/mol. The van der Waals surface area contributed by atoms with Crippen LogP contribution >= 0.6 is 23.2 Å². The van der Waals surface area contributed by atoms with Gasteiger partial charge in [0.25, 0.3) is 0 Å². The van der Waals surface area contributed by atoms with Gasteiger partial charge in [0.05, 0.1) is 24.8 Å².